The summed E-state index contributed by atoms with van der Waals surface area (Å²) in [5.74, 6) is -0.324. The van der Waals surface area contributed by atoms with Gasteiger partial charge in [0, 0.05) is 17.8 Å². The molecule has 1 aliphatic heterocycles. The molecule has 4 N–H and O–H groups in total. The zero-order chi connectivity index (χ0) is 26.1. The van der Waals surface area contributed by atoms with Crippen LogP contribution in [-0.4, -0.2) is 72.7 Å². The predicted molar refractivity (Wildman–Crippen MR) is 144 cm³/mol. The van der Waals surface area contributed by atoms with Gasteiger partial charge in [0.15, 0.2) is 11.1 Å². The molecule has 12 heteroatoms. The summed E-state index contributed by atoms with van der Waals surface area (Å²) >= 11 is 1.39. The van der Waals surface area contributed by atoms with E-state index in [0.29, 0.717) is 33.5 Å². The molecule has 0 aromatic carbocycles. The normalized spacial score (nSPS) is 17.2. The van der Waals surface area contributed by atoms with Gasteiger partial charge in [0.2, 0.25) is 5.88 Å². The second-order valence-corrected chi connectivity index (χ2v) is 10.9. The van der Waals surface area contributed by atoms with E-state index >= 15 is 0 Å². The highest BCUT2D eigenvalue weighted by Gasteiger charge is 2.21. The van der Waals surface area contributed by atoms with Gasteiger partial charge in [0.25, 0.3) is 5.91 Å². The summed E-state index contributed by atoms with van der Waals surface area (Å²) in [5.41, 5.74) is 1.65. The largest absolute Gasteiger partial charge is 0.493 e. The van der Waals surface area contributed by atoms with Gasteiger partial charge in [-0.2, -0.15) is 9.61 Å². The van der Waals surface area contributed by atoms with Crippen LogP contribution in [0.4, 0.5) is 0 Å². The Morgan fingerprint density at radius 3 is 2.84 bits per heavy atom. The molecule has 1 amide bonds. The van der Waals surface area contributed by atoms with Crippen molar-refractivity contribution in [2.45, 2.75) is 44.6 Å². The first-order chi connectivity index (χ1) is 18.5. The lowest BCUT2D eigenvalue weighted by Crippen LogP contribution is -2.25. The number of carbonyl (C=O) groups excluding carboxylic acids is 1. The number of hydrogen-bond donors (Lipinski definition) is 4. The summed E-state index contributed by atoms with van der Waals surface area (Å²) < 4.78 is 1.67. The molecular weight excluding hydrogens is 504 g/mol. The van der Waals surface area contributed by atoms with Crippen LogP contribution in [0.3, 0.4) is 0 Å². The van der Waals surface area contributed by atoms with Gasteiger partial charge in [-0.1, -0.05) is 0 Å². The molecule has 2 aliphatic rings. The van der Waals surface area contributed by atoms with E-state index in [2.05, 4.69) is 25.3 Å². The number of nitrogens with zero attached hydrogens (tertiary/aromatic N) is 5. The van der Waals surface area contributed by atoms with Crippen molar-refractivity contribution in [2.24, 2.45) is 4.99 Å². The topological polar surface area (TPSA) is 144 Å². The van der Waals surface area contributed by atoms with Crippen LogP contribution in [0.15, 0.2) is 34.2 Å². The van der Waals surface area contributed by atoms with Crippen molar-refractivity contribution in [3.05, 3.63) is 56.2 Å². The van der Waals surface area contributed by atoms with Gasteiger partial charge in [-0.15, -0.1) is 11.3 Å². The number of imidazole rings is 1. The molecule has 0 spiro atoms. The minimum Gasteiger partial charge on any atom is -0.493 e. The third-order valence-electron chi connectivity index (χ3n) is 6.84. The molecule has 1 aliphatic carbocycles. The van der Waals surface area contributed by atoms with Crippen molar-refractivity contribution in [1.29, 1.82) is 0 Å². The average molecular weight is 535 g/mol. The zero-order valence-corrected chi connectivity index (χ0v) is 21.8. The number of rotatable bonds is 9. The molecule has 11 nitrogen and oxygen atoms in total. The molecule has 6 rings (SSSR count). The molecule has 4 aromatic heterocycles. The third-order valence-corrected chi connectivity index (χ3v) is 7.95. The Kier molecular flexibility index (Phi) is 6.81. The Bertz CT molecular complexity index is 1640. The quantitative estimate of drug-likeness (QED) is 0.239. The first kappa shape index (κ1) is 24.6. The first-order valence-corrected chi connectivity index (χ1v) is 13.9. The highest BCUT2D eigenvalue weighted by molar-refractivity contribution is 7.17. The highest BCUT2D eigenvalue weighted by atomic mass is 32.1. The Hall–Kier alpha value is -3.77. The fourth-order valence-corrected chi connectivity index (χ4v) is 5.56. The van der Waals surface area contributed by atoms with Crippen LogP contribution >= 0.6 is 11.3 Å². The number of H-pyrrole nitrogens is 2. The second-order valence-electron chi connectivity index (χ2n) is 9.86. The lowest BCUT2D eigenvalue weighted by molar-refractivity contribution is 0.0956. The number of nitrogens with one attached hydrogen (secondary N) is 3. The number of fused-ring (bicyclic) bond motifs is 1. The van der Waals surface area contributed by atoms with E-state index in [1.165, 1.54) is 37.3 Å². The summed E-state index contributed by atoms with van der Waals surface area (Å²) in [6.07, 6.45) is 9.97. The molecule has 5 heterocycles. The lowest BCUT2D eigenvalue weighted by atomic mass is 10.3. The third kappa shape index (κ3) is 5.41. The molecule has 2 fully saturated rings. The SMILES string of the molecule is O=C(NCCCCN1CCCC1)c1ccc(-c2cc(=NC3CC3)n3nc/c(=C/c4[nH]c(=O)[nH]c4O)c3n2)s1. The highest BCUT2D eigenvalue weighted by Crippen LogP contribution is 2.27. The number of hydrogen-bond acceptors (Lipinski definition) is 8. The van der Waals surface area contributed by atoms with Crippen LogP contribution in [0.25, 0.3) is 22.3 Å². The standard InChI is InChI=1S/C26H30N8O3S/c35-24-19(31-26(37)32-24)13-16-15-28-34-22(29-17-5-6-17)14-18(30-23(16)34)20-7-8-21(38-20)25(36)27-9-1-2-10-33-11-3-4-12-33/h7-8,13-15,17,35H,1-6,9-12H2,(H,27,36)(H2,31,32,37)/b16-13-,29-22?. The molecular formula is C26H30N8O3S. The van der Waals surface area contributed by atoms with Crippen molar-refractivity contribution < 1.29 is 9.90 Å². The molecule has 38 heavy (non-hydrogen) atoms. The molecule has 4 aromatic rings. The van der Waals surface area contributed by atoms with E-state index in [1.807, 2.05) is 18.2 Å². The van der Waals surface area contributed by atoms with Gasteiger partial charge in [-0.05, 0) is 76.4 Å². The number of aromatic nitrogens is 5. The van der Waals surface area contributed by atoms with Gasteiger partial charge in [0.05, 0.1) is 27.7 Å². The number of likely N-dealkylation sites (tertiary alicyclic amines) is 1. The van der Waals surface area contributed by atoms with Gasteiger partial charge in [-0.25, -0.2) is 9.78 Å². The predicted octanol–water partition coefficient (Wildman–Crippen LogP) is 1.40. The number of aromatic hydroxyl groups is 1. The zero-order valence-electron chi connectivity index (χ0n) is 20.9. The van der Waals surface area contributed by atoms with E-state index in [0.717, 1.165) is 37.1 Å². The summed E-state index contributed by atoms with van der Waals surface area (Å²) in [6.45, 7) is 4.17. The van der Waals surface area contributed by atoms with E-state index in [9.17, 15) is 14.7 Å². The van der Waals surface area contributed by atoms with Crippen LogP contribution in [0.1, 0.15) is 53.9 Å². The van der Waals surface area contributed by atoms with Crippen LogP contribution in [0.2, 0.25) is 0 Å². The second kappa shape index (κ2) is 10.5. The minimum absolute atomic E-state index is 0.0725. The van der Waals surface area contributed by atoms with E-state index in [-0.39, 0.29) is 23.5 Å². The fourth-order valence-electron chi connectivity index (χ4n) is 4.68. The number of amides is 1. The molecule has 0 bridgehead atoms. The van der Waals surface area contributed by atoms with Crippen molar-refractivity contribution in [3.8, 4) is 16.5 Å². The Balaban J connectivity index is 1.23. The monoisotopic (exact) mass is 534 g/mol. The van der Waals surface area contributed by atoms with Crippen molar-refractivity contribution >= 4 is 29.0 Å². The molecule has 0 atom stereocenters. The average Bonchev–Trinajstić information content (AvgIpc) is 3.32. The Morgan fingerprint density at radius 1 is 1.24 bits per heavy atom. The Morgan fingerprint density at radius 2 is 2.08 bits per heavy atom. The van der Waals surface area contributed by atoms with Crippen LogP contribution < -0.4 is 21.7 Å². The van der Waals surface area contributed by atoms with Crippen molar-refractivity contribution in [3.63, 3.8) is 0 Å². The van der Waals surface area contributed by atoms with E-state index in [4.69, 9.17) is 9.98 Å². The summed E-state index contributed by atoms with van der Waals surface area (Å²) in [4.78, 5) is 42.8. The molecule has 1 saturated carbocycles. The van der Waals surface area contributed by atoms with E-state index in [1.54, 1.807) is 16.8 Å². The maximum atomic E-state index is 12.8. The summed E-state index contributed by atoms with van der Waals surface area (Å²) in [5, 5.41) is 18.1. The lowest BCUT2D eigenvalue weighted by Gasteiger charge is -2.13. The maximum Gasteiger partial charge on any atom is 0.326 e. The van der Waals surface area contributed by atoms with Crippen LogP contribution in [0, 0.1) is 0 Å². The minimum atomic E-state index is -0.501. The Labute approximate surface area is 222 Å². The number of thiophene rings is 1. The molecule has 0 unspecified atom stereocenters. The van der Waals surface area contributed by atoms with Crippen molar-refractivity contribution in [1.82, 2.24) is 34.8 Å². The maximum absolute atomic E-state index is 12.8. The van der Waals surface area contributed by atoms with Crippen LogP contribution in [-0.2, 0) is 0 Å². The smallest absolute Gasteiger partial charge is 0.326 e. The summed E-state index contributed by atoms with van der Waals surface area (Å²) in [7, 11) is 0. The van der Waals surface area contributed by atoms with Gasteiger partial charge >= 0.3 is 5.69 Å². The molecule has 1 saturated heterocycles. The molecule has 198 valence electrons. The van der Waals surface area contributed by atoms with Crippen LogP contribution in [0.5, 0.6) is 5.88 Å². The van der Waals surface area contributed by atoms with Gasteiger partial charge in [-0.3, -0.25) is 14.8 Å². The fraction of sp³-hybridized carbons (Fsp3) is 0.423. The number of aromatic amines is 2. The molecule has 0 radical (unpaired) electrons. The number of unbranched alkanes of at least 4 members (excludes halogenated alkanes) is 1. The summed E-state index contributed by atoms with van der Waals surface area (Å²) in [6, 6.07) is 5.89. The first-order valence-electron chi connectivity index (χ1n) is 13.1. The number of carbonyl (C=O) groups is 1. The van der Waals surface area contributed by atoms with Gasteiger partial charge < -0.3 is 20.3 Å². The van der Waals surface area contributed by atoms with E-state index < -0.39 is 5.69 Å². The van der Waals surface area contributed by atoms with Crippen molar-refractivity contribution in [2.75, 3.05) is 26.2 Å². The van der Waals surface area contributed by atoms with Gasteiger partial charge in [0.1, 0.15) is 5.69 Å².